The predicted molar refractivity (Wildman–Crippen MR) is 161 cm³/mol. The van der Waals surface area contributed by atoms with Gasteiger partial charge in [-0.3, -0.25) is 14.9 Å². The smallest absolute Gasteiger partial charge is 0.414 e. The minimum Gasteiger partial charge on any atom is -0.444 e. The molecule has 1 aliphatic heterocycles. The van der Waals surface area contributed by atoms with Gasteiger partial charge < -0.3 is 25.2 Å². The third-order valence-corrected chi connectivity index (χ3v) is 7.21. The number of nitrogens with zero attached hydrogens (tertiary/aromatic N) is 3. The molecule has 12 heteroatoms. The minimum absolute atomic E-state index is 0.0445. The molecular weight excluding hydrogens is 567 g/mol. The first kappa shape index (κ1) is 30.6. The van der Waals surface area contributed by atoms with Gasteiger partial charge in [-0.1, -0.05) is 41.4 Å². The fraction of sp³-hybridized carbons (Fsp3) is 0.448. The Morgan fingerprint density at radius 2 is 1.76 bits per heavy atom. The highest BCUT2D eigenvalue weighted by Crippen LogP contribution is 2.51. The molecule has 220 valence electrons. The van der Waals surface area contributed by atoms with Crippen molar-refractivity contribution in [1.29, 1.82) is 0 Å². The standard InChI is InChI=1S/C29H36Cl2N6O4/c1-29(2,3)41-28(40)35-27(32-14-17-11-21(30)24(22(31)12-17)33-23(38)16-36(4)5)34-26(39)25-20-13-18(20)15-37(25)19-9-7-6-8-10-19/h6-12,18,20,25H,13-16H2,1-5H3,(H,33,38)(H2,32,34,35,39,40). The number of alkyl carbamates (subject to hydrolysis) is 1. The Balaban J connectivity index is 1.52. The lowest BCUT2D eigenvalue weighted by atomic mass is 10.1. The summed E-state index contributed by atoms with van der Waals surface area (Å²) in [6.45, 7) is 6.32. The van der Waals surface area contributed by atoms with E-state index in [0.29, 0.717) is 17.2 Å². The summed E-state index contributed by atoms with van der Waals surface area (Å²) in [4.78, 5) is 46.5. The third kappa shape index (κ3) is 8.34. The summed E-state index contributed by atoms with van der Waals surface area (Å²) in [7, 11) is 3.56. The number of ether oxygens (including phenoxy) is 1. The van der Waals surface area contributed by atoms with Gasteiger partial charge in [-0.15, -0.1) is 0 Å². The second-order valence-electron chi connectivity index (χ2n) is 11.6. The SMILES string of the molecule is CN(C)CC(=O)Nc1c(Cl)cc(CN/C(=N/C(=O)C2C3CC3CN2c2ccccc2)NC(=O)OC(C)(C)C)cc1Cl. The molecule has 0 radical (unpaired) electrons. The third-order valence-electron chi connectivity index (χ3n) is 6.62. The van der Waals surface area contributed by atoms with Gasteiger partial charge >= 0.3 is 6.09 Å². The number of rotatable bonds is 7. The molecule has 2 fully saturated rings. The number of fused-ring (bicyclic) bond motifs is 1. The molecule has 0 bridgehead atoms. The van der Waals surface area contributed by atoms with Crippen molar-refractivity contribution in [3.8, 4) is 0 Å². The van der Waals surface area contributed by atoms with Gasteiger partial charge in [-0.05, 0) is 83.0 Å². The van der Waals surface area contributed by atoms with Crippen molar-refractivity contribution >= 4 is 58.4 Å². The molecule has 1 aliphatic carbocycles. The van der Waals surface area contributed by atoms with Crippen LogP contribution in [0.2, 0.25) is 10.0 Å². The van der Waals surface area contributed by atoms with Crippen LogP contribution in [0.3, 0.4) is 0 Å². The number of hydrogen-bond acceptors (Lipinski definition) is 6. The van der Waals surface area contributed by atoms with E-state index < -0.39 is 17.7 Å². The average Bonchev–Trinajstić information content (AvgIpc) is 3.52. The van der Waals surface area contributed by atoms with Crippen molar-refractivity contribution in [2.45, 2.75) is 45.4 Å². The van der Waals surface area contributed by atoms with Crippen molar-refractivity contribution in [2.75, 3.05) is 37.4 Å². The monoisotopic (exact) mass is 602 g/mol. The van der Waals surface area contributed by atoms with Gasteiger partial charge in [0.2, 0.25) is 11.9 Å². The van der Waals surface area contributed by atoms with Gasteiger partial charge in [0.15, 0.2) is 0 Å². The van der Waals surface area contributed by atoms with Crippen LogP contribution < -0.4 is 20.9 Å². The largest absolute Gasteiger partial charge is 0.444 e. The quantitative estimate of drug-likeness (QED) is 0.315. The van der Waals surface area contributed by atoms with Crippen LogP contribution in [0, 0.1) is 11.8 Å². The number of halogens is 2. The highest BCUT2D eigenvalue weighted by Gasteiger charge is 2.55. The summed E-state index contributed by atoms with van der Waals surface area (Å²) < 4.78 is 5.39. The lowest BCUT2D eigenvalue weighted by Gasteiger charge is -2.27. The van der Waals surface area contributed by atoms with Crippen LogP contribution in [0.15, 0.2) is 47.5 Å². The number of likely N-dealkylation sites (N-methyl/N-ethyl adjacent to an activating group) is 1. The van der Waals surface area contributed by atoms with Gasteiger partial charge in [-0.25, -0.2) is 4.79 Å². The van der Waals surface area contributed by atoms with Crippen LogP contribution >= 0.6 is 23.2 Å². The van der Waals surface area contributed by atoms with Crippen LogP contribution in [0.4, 0.5) is 16.2 Å². The fourth-order valence-electron chi connectivity index (χ4n) is 4.85. The Morgan fingerprint density at radius 3 is 2.37 bits per heavy atom. The Kier molecular flexibility index (Phi) is 9.46. The number of hydrogen-bond donors (Lipinski definition) is 3. The maximum Gasteiger partial charge on any atom is 0.414 e. The highest BCUT2D eigenvalue weighted by atomic mass is 35.5. The molecule has 4 rings (SSSR count). The van der Waals surface area contributed by atoms with Crippen molar-refractivity contribution in [3.05, 3.63) is 58.1 Å². The summed E-state index contributed by atoms with van der Waals surface area (Å²) in [5, 5.41) is 8.82. The van der Waals surface area contributed by atoms with Gasteiger partial charge in [0.25, 0.3) is 5.91 Å². The number of piperidine rings is 1. The maximum atomic E-state index is 13.5. The van der Waals surface area contributed by atoms with E-state index in [1.165, 1.54) is 0 Å². The van der Waals surface area contributed by atoms with Gasteiger partial charge in [0.1, 0.15) is 11.6 Å². The summed E-state index contributed by atoms with van der Waals surface area (Å²) in [5.74, 6) is 0.0237. The van der Waals surface area contributed by atoms with E-state index in [1.807, 2.05) is 30.3 Å². The number of para-hydroxylation sites is 1. The number of nitrogens with one attached hydrogen (secondary N) is 3. The van der Waals surface area contributed by atoms with Crippen molar-refractivity contribution in [3.63, 3.8) is 0 Å². The molecule has 1 saturated carbocycles. The molecule has 10 nitrogen and oxygen atoms in total. The van der Waals surface area contributed by atoms with Crippen LogP contribution in [-0.2, 0) is 20.9 Å². The number of benzene rings is 2. The van der Waals surface area contributed by atoms with Gasteiger partial charge in [-0.2, -0.15) is 4.99 Å². The van der Waals surface area contributed by atoms with Crippen LogP contribution in [0.25, 0.3) is 0 Å². The van der Waals surface area contributed by atoms with Crippen LogP contribution in [0.1, 0.15) is 32.8 Å². The number of aliphatic imine (C=N–C) groups is 1. The molecule has 1 heterocycles. The average molecular weight is 604 g/mol. The molecular formula is C29H36Cl2N6O4. The first-order chi connectivity index (χ1) is 19.3. The van der Waals surface area contributed by atoms with Crippen molar-refractivity contribution in [2.24, 2.45) is 16.8 Å². The van der Waals surface area contributed by atoms with E-state index in [4.69, 9.17) is 27.9 Å². The first-order valence-electron chi connectivity index (χ1n) is 13.4. The number of anilines is 2. The zero-order chi connectivity index (χ0) is 29.9. The molecule has 1 saturated heterocycles. The lowest BCUT2D eigenvalue weighted by molar-refractivity contribution is -0.119. The molecule has 2 aromatic rings. The molecule has 2 aromatic carbocycles. The summed E-state index contributed by atoms with van der Waals surface area (Å²) in [6.07, 6.45) is 0.230. The van der Waals surface area contributed by atoms with E-state index in [9.17, 15) is 14.4 Å². The summed E-state index contributed by atoms with van der Waals surface area (Å²) in [6, 6.07) is 12.6. The zero-order valence-corrected chi connectivity index (χ0v) is 25.3. The molecule has 0 aromatic heterocycles. The van der Waals surface area contributed by atoms with Gasteiger partial charge in [0.05, 0.1) is 22.3 Å². The minimum atomic E-state index is -0.748. The normalized spacial score (nSPS) is 20.0. The first-order valence-corrected chi connectivity index (χ1v) is 14.2. The predicted octanol–water partition coefficient (Wildman–Crippen LogP) is 4.52. The molecule has 3 amide bonds. The molecule has 3 N–H and O–H groups in total. The summed E-state index contributed by atoms with van der Waals surface area (Å²) >= 11 is 12.9. The summed E-state index contributed by atoms with van der Waals surface area (Å²) in [5.41, 5.74) is 1.17. The van der Waals surface area contributed by atoms with E-state index in [2.05, 4.69) is 25.8 Å². The fourth-order valence-corrected chi connectivity index (χ4v) is 5.48. The lowest BCUT2D eigenvalue weighted by Crippen LogP contribution is -2.45. The molecule has 0 spiro atoms. The van der Waals surface area contributed by atoms with Crippen molar-refractivity contribution in [1.82, 2.24) is 15.5 Å². The second-order valence-corrected chi connectivity index (χ2v) is 12.4. The van der Waals surface area contributed by atoms with Crippen LogP contribution in [-0.4, -0.2) is 67.6 Å². The molecule has 3 unspecified atom stereocenters. The van der Waals surface area contributed by atoms with E-state index in [0.717, 1.165) is 18.7 Å². The Hall–Kier alpha value is -3.34. The van der Waals surface area contributed by atoms with Gasteiger partial charge in [0, 0.05) is 18.8 Å². The molecule has 2 aliphatic rings. The Morgan fingerprint density at radius 1 is 1.10 bits per heavy atom. The maximum absolute atomic E-state index is 13.5. The molecule has 3 atom stereocenters. The molecule has 41 heavy (non-hydrogen) atoms. The van der Waals surface area contributed by atoms with Crippen molar-refractivity contribution < 1.29 is 19.1 Å². The Labute approximate surface area is 250 Å². The topological polar surface area (TPSA) is 115 Å². The van der Waals surface area contributed by atoms with Crippen LogP contribution in [0.5, 0.6) is 0 Å². The number of guanidine groups is 1. The zero-order valence-electron chi connectivity index (χ0n) is 23.8. The van der Waals surface area contributed by atoms with E-state index >= 15 is 0 Å². The number of carbonyl (C=O) groups excluding carboxylic acids is 3. The second kappa shape index (κ2) is 12.7. The van der Waals surface area contributed by atoms with E-state index in [1.54, 1.807) is 51.9 Å². The number of amides is 3. The Bertz CT molecular complexity index is 1310. The number of carbonyl (C=O) groups is 3. The highest BCUT2D eigenvalue weighted by molar-refractivity contribution is 6.39. The van der Waals surface area contributed by atoms with E-state index in [-0.39, 0.29) is 46.8 Å².